The molecule has 0 unspecified atom stereocenters. The van der Waals surface area contributed by atoms with Gasteiger partial charge < -0.3 is 14.9 Å². The minimum atomic E-state index is -0.878. The summed E-state index contributed by atoms with van der Waals surface area (Å²) >= 11 is 3.57. The predicted molar refractivity (Wildman–Crippen MR) is 104 cm³/mol. The molecule has 1 saturated heterocycles. The maximum atomic E-state index is 12.3. The quantitative estimate of drug-likeness (QED) is 0.476. The van der Waals surface area contributed by atoms with Crippen LogP contribution in [0.25, 0.3) is 20.8 Å². The van der Waals surface area contributed by atoms with Crippen molar-refractivity contribution in [1.29, 1.82) is 0 Å². The van der Waals surface area contributed by atoms with Crippen molar-refractivity contribution in [2.24, 2.45) is 0 Å². The molecule has 0 radical (unpaired) electrons. The van der Waals surface area contributed by atoms with E-state index in [0.717, 1.165) is 13.8 Å². The number of aliphatic hydroxyl groups excluding tert-OH is 2. The highest BCUT2D eigenvalue weighted by Crippen LogP contribution is 2.31. The zero-order valence-electron chi connectivity index (χ0n) is 13.3. The van der Waals surface area contributed by atoms with Gasteiger partial charge in [0.05, 0.1) is 28.5 Å². The van der Waals surface area contributed by atoms with Gasteiger partial charge in [-0.05, 0) is 40.8 Å². The second-order valence-electron chi connectivity index (χ2n) is 5.96. The molecule has 26 heavy (non-hydrogen) atoms. The van der Waals surface area contributed by atoms with Gasteiger partial charge in [0, 0.05) is 16.2 Å². The van der Waals surface area contributed by atoms with Crippen molar-refractivity contribution in [2.75, 3.05) is 6.61 Å². The summed E-state index contributed by atoms with van der Waals surface area (Å²) in [4.78, 5) is 31.3. The lowest BCUT2D eigenvalue weighted by atomic mass is 10.2. The third-order valence-corrected chi connectivity index (χ3v) is 5.97. The molecule has 10 heteroatoms. The minimum Gasteiger partial charge on any atom is -0.394 e. The van der Waals surface area contributed by atoms with Crippen LogP contribution >= 0.6 is 33.9 Å². The summed E-state index contributed by atoms with van der Waals surface area (Å²) < 4.78 is 8.75. The number of ether oxygens (including phenoxy) is 1. The Bertz CT molecular complexity index is 1090. The molecule has 3 atom stereocenters. The summed E-state index contributed by atoms with van der Waals surface area (Å²) in [6.07, 6.45) is -0.848. The Morgan fingerprint density at radius 3 is 2.96 bits per heavy atom. The first-order valence-corrected chi connectivity index (χ1v) is 9.72. The van der Waals surface area contributed by atoms with Crippen LogP contribution < -0.4 is 11.2 Å². The van der Waals surface area contributed by atoms with Crippen LogP contribution in [0.5, 0.6) is 0 Å². The summed E-state index contributed by atoms with van der Waals surface area (Å²) in [7, 11) is 0. The Hall–Kier alpha value is -1.60. The number of halogens is 1. The van der Waals surface area contributed by atoms with Crippen LogP contribution in [0.3, 0.4) is 0 Å². The fraction of sp³-hybridized carbons (Fsp3) is 0.312. The molecule has 3 aromatic rings. The monoisotopic (exact) mass is 487 g/mol. The number of aromatic amines is 1. The van der Waals surface area contributed by atoms with E-state index in [-0.39, 0.29) is 18.6 Å². The lowest BCUT2D eigenvalue weighted by molar-refractivity contribution is -0.0458. The van der Waals surface area contributed by atoms with E-state index >= 15 is 0 Å². The van der Waals surface area contributed by atoms with Crippen molar-refractivity contribution in [3.63, 3.8) is 0 Å². The highest BCUT2D eigenvalue weighted by atomic mass is 127. The first-order chi connectivity index (χ1) is 12.5. The molecule has 1 aliphatic rings. The van der Waals surface area contributed by atoms with Gasteiger partial charge in [0.1, 0.15) is 17.3 Å². The lowest BCUT2D eigenvalue weighted by Gasteiger charge is -2.14. The van der Waals surface area contributed by atoms with Crippen molar-refractivity contribution < 1.29 is 14.9 Å². The molecule has 8 nitrogen and oxygen atoms in total. The summed E-state index contributed by atoms with van der Waals surface area (Å²) in [5, 5.41) is 19.6. The first kappa shape index (κ1) is 17.8. The molecule has 0 amide bonds. The Morgan fingerprint density at radius 2 is 2.23 bits per heavy atom. The predicted octanol–water partition coefficient (Wildman–Crippen LogP) is 1.06. The number of thiazole rings is 1. The SMILES string of the molecule is O=c1[nH]c(=O)n([C@H]2C[C@H](O)[C@@H](CO)O2)cc1-c1nc2ccc(I)cc2s1. The number of benzene rings is 1. The molecule has 136 valence electrons. The van der Waals surface area contributed by atoms with Crippen LogP contribution in [0, 0.1) is 3.57 Å². The van der Waals surface area contributed by atoms with E-state index in [2.05, 4.69) is 32.6 Å². The average Bonchev–Trinajstić information content (AvgIpc) is 3.17. The summed E-state index contributed by atoms with van der Waals surface area (Å²) in [5.41, 5.74) is -0.135. The maximum Gasteiger partial charge on any atom is 0.330 e. The van der Waals surface area contributed by atoms with E-state index in [1.54, 1.807) is 0 Å². The van der Waals surface area contributed by atoms with E-state index in [1.165, 1.54) is 22.1 Å². The maximum absolute atomic E-state index is 12.3. The number of fused-ring (bicyclic) bond motifs is 1. The van der Waals surface area contributed by atoms with E-state index in [4.69, 9.17) is 4.74 Å². The topological polar surface area (TPSA) is 117 Å². The molecule has 1 fully saturated rings. The molecule has 3 heterocycles. The van der Waals surface area contributed by atoms with E-state index < -0.39 is 29.7 Å². The zero-order valence-corrected chi connectivity index (χ0v) is 16.2. The van der Waals surface area contributed by atoms with Gasteiger partial charge in [-0.2, -0.15) is 0 Å². The summed E-state index contributed by atoms with van der Waals surface area (Å²) in [5.74, 6) is 0. The second kappa shape index (κ2) is 6.85. The molecule has 0 bridgehead atoms. The first-order valence-electron chi connectivity index (χ1n) is 7.82. The van der Waals surface area contributed by atoms with Crippen molar-refractivity contribution >= 4 is 44.1 Å². The molecule has 1 aromatic carbocycles. The van der Waals surface area contributed by atoms with Gasteiger partial charge in [0.15, 0.2) is 0 Å². The Kier molecular flexibility index (Phi) is 4.69. The van der Waals surface area contributed by atoms with Crippen LogP contribution in [0.4, 0.5) is 0 Å². The van der Waals surface area contributed by atoms with Crippen LogP contribution in [-0.4, -0.2) is 43.6 Å². The second-order valence-corrected chi connectivity index (χ2v) is 8.23. The standard InChI is InChI=1S/C16H14IN3O5S/c17-7-1-2-9-12(3-7)26-15(18-9)8-5-20(16(24)19-14(8)23)13-4-10(22)11(6-21)25-13/h1-3,5,10-11,13,21-22H,4,6H2,(H,19,23,24)/t10-,11+,13+/m0/s1. The van der Waals surface area contributed by atoms with Crippen molar-refractivity contribution in [2.45, 2.75) is 24.9 Å². The molecular weight excluding hydrogens is 473 g/mol. The van der Waals surface area contributed by atoms with Crippen molar-refractivity contribution in [3.05, 3.63) is 48.8 Å². The largest absolute Gasteiger partial charge is 0.394 e. The number of nitrogens with zero attached hydrogens (tertiary/aromatic N) is 2. The van der Waals surface area contributed by atoms with Gasteiger partial charge in [-0.3, -0.25) is 14.3 Å². The van der Waals surface area contributed by atoms with Crippen LogP contribution in [0.15, 0.2) is 34.0 Å². The van der Waals surface area contributed by atoms with Crippen LogP contribution in [-0.2, 0) is 4.74 Å². The Labute approximate surface area is 164 Å². The normalized spacial score (nSPS) is 23.0. The highest BCUT2D eigenvalue weighted by Gasteiger charge is 2.35. The van der Waals surface area contributed by atoms with Crippen LogP contribution in [0.2, 0.25) is 0 Å². The number of rotatable bonds is 3. The molecule has 2 aromatic heterocycles. The highest BCUT2D eigenvalue weighted by molar-refractivity contribution is 14.1. The number of hydrogen-bond donors (Lipinski definition) is 3. The zero-order chi connectivity index (χ0) is 18.4. The Balaban J connectivity index is 1.79. The number of aliphatic hydroxyl groups is 2. The van der Waals surface area contributed by atoms with Gasteiger partial charge in [0.2, 0.25) is 0 Å². The molecule has 1 aliphatic heterocycles. The molecule has 4 rings (SSSR count). The third kappa shape index (κ3) is 3.11. The van der Waals surface area contributed by atoms with E-state index in [0.29, 0.717) is 5.01 Å². The van der Waals surface area contributed by atoms with Crippen molar-refractivity contribution in [1.82, 2.24) is 14.5 Å². The summed E-state index contributed by atoms with van der Waals surface area (Å²) in [6.45, 7) is -0.348. The molecule has 0 spiro atoms. The number of aromatic nitrogens is 3. The van der Waals surface area contributed by atoms with Gasteiger partial charge in [-0.15, -0.1) is 11.3 Å². The fourth-order valence-corrected chi connectivity index (χ4v) is 4.63. The van der Waals surface area contributed by atoms with Crippen LogP contribution in [0.1, 0.15) is 12.6 Å². The third-order valence-electron chi connectivity index (χ3n) is 4.24. The van der Waals surface area contributed by atoms with Crippen molar-refractivity contribution in [3.8, 4) is 10.6 Å². The van der Waals surface area contributed by atoms with Gasteiger partial charge >= 0.3 is 5.69 Å². The minimum absolute atomic E-state index is 0.147. The van der Waals surface area contributed by atoms with Gasteiger partial charge in [-0.1, -0.05) is 0 Å². The molecular formula is C16H14IN3O5S. The Morgan fingerprint density at radius 1 is 1.42 bits per heavy atom. The van der Waals surface area contributed by atoms with E-state index in [1.807, 2.05) is 18.2 Å². The van der Waals surface area contributed by atoms with Gasteiger partial charge in [-0.25, -0.2) is 9.78 Å². The molecule has 3 N–H and O–H groups in total. The number of H-pyrrole nitrogens is 1. The molecule has 0 aliphatic carbocycles. The number of nitrogens with one attached hydrogen (secondary N) is 1. The van der Waals surface area contributed by atoms with E-state index in [9.17, 15) is 19.8 Å². The smallest absolute Gasteiger partial charge is 0.330 e. The molecule has 0 saturated carbocycles. The average molecular weight is 487 g/mol. The summed E-state index contributed by atoms with van der Waals surface area (Å²) in [6, 6.07) is 5.79. The number of hydrogen-bond acceptors (Lipinski definition) is 7. The lowest BCUT2D eigenvalue weighted by Crippen LogP contribution is -2.33. The fourth-order valence-electron chi connectivity index (χ4n) is 2.92. The van der Waals surface area contributed by atoms with Gasteiger partial charge in [0.25, 0.3) is 5.56 Å².